The molecule has 1 aliphatic carbocycles. The topological polar surface area (TPSA) is 3.01 Å². The minimum absolute atomic E-state index is 0.961. The van der Waals surface area contributed by atoms with Crippen molar-refractivity contribution in [2.75, 3.05) is 6.54 Å². The third kappa shape index (κ3) is 1.93. The van der Waals surface area contributed by atoms with Gasteiger partial charge in [0.2, 0.25) is 0 Å². The van der Waals surface area contributed by atoms with E-state index in [1.54, 1.807) is 0 Å². The molecule has 1 aromatic carbocycles. The summed E-state index contributed by atoms with van der Waals surface area (Å²) in [5.41, 5.74) is 1.49. The maximum atomic E-state index is 2.71. The van der Waals surface area contributed by atoms with Crippen molar-refractivity contribution in [1.29, 1.82) is 0 Å². The van der Waals surface area contributed by atoms with Crippen molar-refractivity contribution < 1.29 is 0 Å². The van der Waals surface area contributed by atoms with E-state index in [1.165, 1.54) is 44.2 Å². The smallest absolute Gasteiger partial charge is 0.0255 e. The molecule has 1 saturated heterocycles. The van der Waals surface area contributed by atoms with Crippen LogP contribution in [0, 0.1) is 0 Å². The fourth-order valence-corrected chi connectivity index (χ4v) is 3.05. The van der Waals surface area contributed by atoms with Crippen LogP contribution < -0.4 is 0 Å². The maximum absolute atomic E-state index is 2.71. The summed E-state index contributed by atoms with van der Waals surface area (Å²) >= 11 is 0. The van der Waals surface area contributed by atoms with Crippen molar-refractivity contribution in [3.8, 4) is 0 Å². The Balaban J connectivity index is 1.51. The Morgan fingerprint density at radius 3 is 2.33 bits per heavy atom. The first-order chi connectivity index (χ1) is 7.45. The van der Waals surface area contributed by atoms with Crippen LogP contribution >= 0.6 is 0 Å². The average molecular weight is 201 g/mol. The second-order valence-electron chi connectivity index (χ2n) is 4.89. The van der Waals surface area contributed by atoms with E-state index in [1.807, 2.05) is 0 Å². The molecule has 3 atom stereocenters. The molecule has 1 unspecified atom stereocenters. The molecular formula is C14H19N. The van der Waals surface area contributed by atoms with Crippen LogP contribution in [0.2, 0.25) is 0 Å². The zero-order valence-corrected chi connectivity index (χ0v) is 9.23. The van der Waals surface area contributed by atoms with Crippen LogP contribution in [0.4, 0.5) is 0 Å². The monoisotopic (exact) mass is 201 g/mol. The number of benzene rings is 1. The SMILES string of the molecule is c1ccc(CCN2[C@@H]3CCCC[C@@H]32)cc1. The van der Waals surface area contributed by atoms with Crippen LogP contribution in [0.3, 0.4) is 0 Å². The Labute approximate surface area is 92.1 Å². The highest BCUT2D eigenvalue weighted by Crippen LogP contribution is 2.40. The van der Waals surface area contributed by atoms with Crippen LogP contribution in [-0.2, 0) is 6.42 Å². The first-order valence-corrected chi connectivity index (χ1v) is 6.25. The molecule has 0 N–H and O–H groups in total. The molecule has 0 bridgehead atoms. The Morgan fingerprint density at radius 2 is 1.67 bits per heavy atom. The molecule has 1 aromatic rings. The molecule has 1 saturated carbocycles. The lowest BCUT2D eigenvalue weighted by Gasteiger charge is -2.03. The first kappa shape index (κ1) is 9.41. The van der Waals surface area contributed by atoms with E-state index in [4.69, 9.17) is 0 Å². The molecule has 0 radical (unpaired) electrons. The van der Waals surface area contributed by atoms with Crippen molar-refractivity contribution in [1.82, 2.24) is 4.90 Å². The molecule has 0 spiro atoms. The second kappa shape index (κ2) is 3.97. The van der Waals surface area contributed by atoms with Gasteiger partial charge in [-0.15, -0.1) is 0 Å². The summed E-state index contributed by atoms with van der Waals surface area (Å²) in [6, 6.07) is 12.8. The molecule has 3 rings (SSSR count). The van der Waals surface area contributed by atoms with Crippen LogP contribution in [0.25, 0.3) is 0 Å². The van der Waals surface area contributed by atoms with Gasteiger partial charge in [0.05, 0.1) is 0 Å². The van der Waals surface area contributed by atoms with Gasteiger partial charge in [-0.2, -0.15) is 0 Å². The summed E-state index contributed by atoms with van der Waals surface area (Å²) in [6.45, 7) is 1.28. The van der Waals surface area contributed by atoms with E-state index < -0.39 is 0 Å². The zero-order chi connectivity index (χ0) is 10.1. The summed E-state index contributed by atoms with van der Waals surface area (Å²) in [5.74, 6) is 0. The van der Waals surface area contributed by atoms with Gasteiger partial charge < -0.3 is 0 Å². The minimum Gasteiger partial charge on any atom is -0.294 e. The Bertz CT molecular complexity index is 307. The largest absolute Gasteiger partial charge is 0.294 e. The van der Waals surface area contributed by atoms with Gasteiger partial charge in [0, 0.05) is 18.6 Å². The first-order valence-electron chi connectivity index (χ1n) is 6.25. The molecule has 1 aliphatic heterocycles. The van der Waals surface area contributed by atoms with Crippen LogP contribution in [0.5, 0.6) is 0 Å². The van der Waals surface area contributed by atoms with Gasteiger partial charge >= 0.3 is 0 Å². The summed E-state index contributed by atoms with van der Waals surface area (Å²) in [4.78, 5) is 2.71. The van der Waals surface area contributed by atoms with Crippen molar-refractivity contribution >= 4 is 0 Å². The van der Waals surface area contributed by atoms with Crippen LogP contribution in [0.15, 0.2) is 30.3 Å². The van der Waals surface area contributed by atoms with Crippen molar-refractivity contribution in [2.24, 2.45) is 0 Å². The quantitative estimate of drug-likeness (QED) is 0.680. The lowest BCUT2D eigenvalue weighted by atomic mass is 10.0. The number of rotatable bonds is 3. The Morgan fingerprint density at radius 1 is 1.00 bits per heavy atom. The van der Waals surface area contributed by atoms with E-state index in [-0.39, 0.29) is 0 Å². The van der Waals surface area contributed by atoms with Crippen molar-refractivity contribution in [3.63, 3.8) is 0 Å². The predicted octanol–water partition coefficient (Wildman–Crippen LogP) is 2.86. The lowest BCUT2D eigenvalue weighted by molar-refractivity contribution is 0.482. The molecule has 1 nitrogen and oxygen atoms in total. The fraction of sp³-hybridized carbons (Fsp3) is 0.571. The Hall–Kier alpha value is -0.820. The van der Waals surface area contributed by atoms with Gasteiger partial charge in [0.15, 0.2) is 0 Å². The minimum atomic E-state index is 0.961. The molecule has 0 aromatic heterocycles. The third-order valence-corrected chi connectivity index (χ3v) is 3.96. The standard InChI is InChI=1S/C14H19N/c1-2-6-12(7-3-1)10-11-15-13-8-4-5-9-14(13)15/h1-3,6-7,13-14H,4-5,8-11H2/t13-,14+,15?. The van der Waals surface area contributed by atoms with E-state index >= 15 is 0 Å². The summed E-state index contributed by atoms with van der Waals surface area (Å²) in [7, 11) is 0. The summed E-state index contributed by atoms with van der Waals surface area (Å²) < 4.78 is 0. The summed E-state index contributed by atoms with van der Waals surface area (Å²) in [6.07, 6.45) is 7.07. The molecule has 15 heavy (non-hydrogen) atoms. The number of fused-ring (bicyclic) bond motifs is 1. The Kier molecular flexibility index (Phi) is 2.49. The second-order valence-corrected chi connectivity index (χ2v) is 4.89. The van der Waals surface area contributed by atoms with Gasteiger partial charge in [-0.25, -0.2) is 0 Å². The molecule has 1 heteroatoms. The zero-order valence-electron chi connectivity index (χ0n) is 9.23. The highest BCUT2D eigenvalue weighted by molar-refractivity contribution is 5.16. The van der Waals surface area contributed by atoms with E-state index in [0.717, 1.165) is 12.1 Å². The molecule has 0 amide bonds. The molecule has 1 heterocycles. The number of likely N-dealkylation sites (tertiary alicyclic amines) is 1. The van der Waals surface area contributed by atoms with E-state index in [0.29, 0.717) is 0 Å². The third-order valence-electron chi connectivity index (χ3n) is 3.96. The van der Waals surface area contributed by atoms with E-state index in [2.05, 4.69) is 35.2 Å². The summed E-state index contributed by atoms with van der Waals surface area (Å²) in [5, 5.41) is 0. The number of hydrogen-bond donors (Lipinski definition) is 0. The van der Waals surface area contributed by atoms with Crippen molar-refractivity contribution in [2.45, 2.75) is 44.2 Å². The van der Waals surface area contributed by atoms with Gasteiger partial charge in [-0.05, 0) is 24.8 Å². The van der Waals surface area contributed by atoms with E-state index in [9.17, 15) is 0 Å². The van der Waals surface area contributed by atoms with Gasteiger partial charge in [-0.1, -0.05) is 43.2 Å². The average Bonchev–Trinajstić information content (AvgIpc) is 3.01. The van der Waals surface area contributed by atoms with Crippen LogP contribution in [0.1, 0.15) is 31.2 Å². The van der Waals surface area contributed by atoms with Crippen LogP contribution in [-0.4, -0.2) is 23.5 Å². The number of hydrogen-bond acceptors (Lipinski definition) is 1. The van der Waals surface area contributed by atoms with Gasteiger partial charge in [0.25, 0.3) is 0 Å². The molecule has 2 fully saturated rings. The van der Waals surface area contributed by atoms with Gasteiger partial charge in [0.1, 0.15) is 0 Å². The lowest BCUT2D eigenvalue weighted by Crippen LogP contribution is -2.07. The molecular weight excluding hydrogens is 182 g/mol. The predicted molar refractivity (Wildman–Crippen MR) is 62.9 cm³/mol. The van der Waals surface area contributed by atoms with Crippen molar-refractivity contribution in [3.05, 3.63) is 35.9 Å². The highest BCUT2D eigenvalue weighted by Gasteiger charge is 2.47. The number of nitrogens with zero attached hydrogens (tertiary/aromatic N) is 1. The highest BCUT2D eigenvalue weighted by atomic mass is 15.3. The van der Waals surface area contributed by atoms with Gasteiger partial charge in [-0.3, -0.25) is 4.90 Å². The molecule has 2 aliphatic rings. The maximum Gasteiger partial charge on any atom is 0.0255 e. The molecule has 80 valence electrons. The fourth-order valence-electron chi connectivity index (χ4n) is 3.05. The normalized spacial score (nSPS) is 33.5.